The molecule has 0 radical (unpaired) electrons. The zero-order chi connectivity index (χ0) is 14.7. The van der Waals surface area contributed by atoms with Gasteiger partial charge in [-0.1, -0.05) is 13.8 Å². The number of nitrogens with zero attached hydrogens (tertiary/aromatic N) is 1. The van der Waals surface area contributed by atoms with Gasteiger partial charge in [0, 0.05) is 18.8 Å². The van der Waals surface area contributed by atoms with Crippen molar-refractivity contribution in [1.82, 2.24) is 4.90 Å². The first kappa shape index (κ1) is 15.0. The molecule has 1 heterocycles. The Morgan fingerprint density at radius 3 is 2.35 bits per heavy atom. The summed E-state index contributed by atoms with van der Waals surface area (Å²) in [7, 11) is 0. The number of benzene rings is 1. The minimum absolute atomic E-state index is 0.0297. The predicted molar refractivity (Wildman–Crippen MR) is 79.0 cm³/mol. The van der Waals surface area contributed by atoms with E-state index >= 15 is 0 Å². The van der Waals surface area contributed by atoms with Gasteiger partial charge in [0.15, 0.2) is 0 Å². The number of likely N-dealkylation sites (tertiary alicyclic amines) is 1. The van der Waals surface area contributed by atoms with Crippen molar-refractivity contribution in [2.24, 2.45) is 11.8 Å². The molecule has 0 bridgehead atoms. The van der Waals surface area contributed by atoms with Gasteiger partial charge < -0.3 is 5.32 Å². The quantitative estimate of drug-likeness (QED) is 0.921. The SMILES string of the molecule is C[C@@H]1C[C@@H](C)CN([C@@H](C)C(=O)Nc2ccc(F)cc2)C1. The number of hydrogen-bond acceptors (Lipinski definition) is 2. The van der Waals surface area contributed by atoms with E-state index in [1.165, 1.54) is 18.6 Å². The molecule has 1 fully saturated rings. The highest BCUT2D eigenvalue weighted by atomic mass is 19.1. The van der Waals surface area contributed by atoms with Crippen LogP contribution in [0, 0.1) is 17.7 Å². The Bertz CT molecular complexity index is 450. The zero-order valence-electron chi connectivity index (χ0n) is 12.4. The van der Waals surface area contributed by atoms with Gasteiger partial charge in [0.1, 0.15) is 5.82 Å². The van der Waals surface area contributed by atoms with Crippen LogP contribution >= 0.6 is 0 Å². The molecule has 1 aliphatic rings. The van der Waals surface area contributed by atoms with Crippen LogP contribution in [0.3, 0.4) is 0 Å². The van der Waals surface area contributed by atoms with E-state index in [0.29, 0.717) is 17.5 Å². The van der Waals surface area contributed by atoms with Gasteiger partial charge in [-0.15, -0.1) is 0 Å². The minimum Gasteiger partial charge on any atom is -0.325 e. The maximum Gasteiger partial charge on any atom is 0.241 e. The van der Waals surface area contributed by atoms with E-state index in [0.717, 1.165) is 13.1 Å². The summed E-state index contributed by atoms with van der Waals surface area (Å²) >= 11 is 0. The van der Waals surface area contributed by atoms with Gasteiger partial charge in [-0.2, -0.15) is 0 Å². The van der Waals surface area contributed by atoms with Crippen molar-refractivity contribution in [3.05, 3.63) is 30.1 Å². The largest absolute Gasteiger partial charge is 0.325 e. The molecule has 1 aromatic carbocycles. The van der Waals surface area contributed by atoms with E-state index in [2.05, 4.69) is 24.1 Å². The molecule has 4 heteroatoms. The van der Waals surface area contributed by atoms with Crippen molar-refractivity contribution >= 4 is 11.6 Å². The second-order valence-electron chi connectivity index (χ2n) is 6.07. The number of rotatable bonds is 3. The molecule has 0 aromatic heterocycles. The molecule has 1 amide bonds. The Kier molecular flexibility index (Phi) is 4.76. The lowest BCUT2D eigenvalue weighted by molar-refractivity contribution is -0.121. The summed E-state index contributed by atoms with van der Waals surface area (Å²) in [5.41, 5.74) is 0.640. The number of nitrogens with one attached hydrogen (secondary N) is 1. The summed E-state index contributed by atoms with van der Waals surface area (Å²) in [6.07, 6.45) is 1.23. The molecule has 2 rings (SSSR count). The van der Waals surface area contributed by atoms with Crippen LogP contribution in [0.4, 0.5) is 10.1 Å². The maximum atomic E-state index is 12.8. The topological polar surface area (TPSA) is 32.3 Å². The zero-order valence-corrected chi connectivity index (χ0v) is 12.4. The molecule has 1 saturated heterocycles. The Morgan fingerprint density at radius 1 is 1.25 bits per heavy atom. The van der Waals surface area contributed by atoms with Crippen LogP contribution < -0.4 is 5.32 Å². The number of carbonyl (C=O) groups excluding carboxylic acids is 1. The molecule has 1 aliphatic heterocycles. The molecule has 3 atom stereocenters. The van der Waals surface area contributed by atoms with Crippen molar-refractivity contribution in [1.29, 1.82) is 0 Å². The fourth-order valence-electron chi connectivity index (χ4n) is 2.97. The van der Waals surface area contributed by atoms with Crippen LogP contribution in [0.2, 0.25) is 0 Å². The molecule has 0 aliphatic carbocycles. The van der Waals surface area contributed by atoms with Crippen LogP contribution in [-0.2, 0) is 4.79 Å². The van der Waals surface area contributed by atoms with Gasteiger partial charge in [0.2, 0.25) is 5.91 Å². The second-order valence-corrected chi connectivity index (χ2v) is 6.07. The van der Waals surface area contributed by atoms with Crippen molar-refractivity contribution in [2.45, 2.75) is 33.2 Å². The Morgan fingerprint density at radius 2 is 1.80 bits per heavy atom. The van der Waals surface area contributed by atoms with Gasteiger partial charge in [0.25, 0.3) is 0 Å². The standard InChI is InChI=1S/C16H23FN2O/c1-11-8-12(2)10-19(9-11)13(3)16(20)18-15-6-4-14(17)5-7-15/h4-7,11-13H,8-10H2,1-3H3,(H,18,20)/t11-,12-,13+/m1/s1. The van der Waals surface area contributed by atoms with E-state index in [1.54, 1.807) is 12.1 Å². The van der Waals surface area contributed by atoms with Gasteiger partial charge in [0.05, 0.1) is 6.04 Å². The average molecular weight is 278 g/mol. The van der Waals surface area contributed by atoms with Crippen LogP contribution in [0.15, 0.2) is 24.3 Å². The number of amides is 1. The molecule has 0 spiro atoms. The minimum atomic E-state index is -0.297. The van der Waals surface area contributed by atoms with Gasteiger partial charge in [-0.3, -0.25) is 9.69 Å². The highest BCUT2D eigenvalue weighted by Crippen LogP contribution is 2.23. The van der Waals surface area contributed by atoms with Crippen molar-refractivity contribution in [2.75, 3.05) is 18.4 Å². The number of carbonyl (C=O) groups is 1. The van der Waals surface area contributed by atoms with E-state index in [1.807, 2.05) is 6.92 Å². The van der Waals surface area contributed by atoms with Crippen LogP contribution in [-0.4, -0.2) is 29.9 Å². The summed E-state index contributed by atoms with van der Waals surface area (Å²) < 4.78 is 12.8. The average Bonchev–Trinajstić information content (AvgIpc) is 2.39. The lowest BCUT2D eigenvalue weighted by atomic mass is 9.91. The lowest BCUT2D eigenvalue weighted by Crippen LogP contribution is -2.48. The normalized spacial score (nSPS) is 25.2. The Labute approximate surface area is 120 Å². The van der Waals surface area contributed by atoms with E-state index in [-0.39, 0.29) is 17.8 Å². The van der Waals surface area contributed by atoms with Crippen LogP contribution in [0.1, 0.15) is 27.2 Å². The Hall–Kier alpha value is -1.42. The molecule has 1 aromatic rings. The summed E-state index contributed by atoms with van der Waals surface area (Å²) in [6, 6.07) is 5.71. The fourth-order valence-corrected chi connectivity index (χ4v) is 2.97. The first-order valence-electron chi connectivity index (χ1n) is 7.26. The van der Waals surface area contributed by atoms with Crippen molar-refractivity contribution < 1.29 is 9.18 Å². The summed E-state index contributed by atoms with van der Waals surface area (Å²) in [5, 5.41) is 2.85. The van der Waals surface area contributed by atoms with Crippen molar-refractivity contribution in [3.63, 3.8) is 0 Å². The molecule has 110 valence electrons. The van der Waals surface area contributed by atoms with E-state index in [4.69, 9.17) is 0 Å². The number of anilines is 1. The summed E-state index contributed by atoms with van der Waals surface area (Å²) in [4.78, 5) is 14.5. The maximum absolute atomic E-state index is 12.8. The van der Waals surface area contributed by atoms with Crippen LogP contribution in [0.25, 0.3) is 0 Å². The lowest BCUT2D eigenvalue weighted by Gasteiger charge is -2.38. The summed E-state index contributed by atoms with van der Waals surface area (Å²) in [5.74, 6) is 0.923. The number of halogens is 1. The summed E-state index contributed by atoms with van der Waals surface area (Å²) in [6.45, 7) is 8.31. The molecule has 0 saturated carbocycles. The fraction of sp³-hybridized carbons (Fsp3) is 0.562. The van der Waals surface area contributed by atoms with Gasteiger partial charge in [-0.25, -0.2) is 4.39 Å². The molecular weight excluding hydrogens is 255 g/mol. The number of hydrogen-bond donors (Lipinski definition) is 1. The van der Waals surface area contributed by atoms with Gasteiger partial charge in [-0.05, 0) is 49.4 Å². The van der Waals surface area contributed by atoms with Crippen LogP contribution in [0.5, 0.6) is 0 Å². The molecule has 3 nitrogen and oxygen atoms in total. The van der Waals surface area contributed by atoms with Crippen molar-refractivity contribution in [3.8, 4) is 0 Å². The highest BCUT2D eigenvalue weighted by molar-refractivity contribution is 5.94. The first-order chi connectivity index (χ1) is 9.45. The molecule has 1 N–H and O–H groups in total. The second kappa shape index (κ2) is 6.35. The monoisotopic (exact) mass is 278 g/mol. The Balaban J connectivity index is 1.96. The van der Waals surface area contributed by atoms with Gasteiger partial charge >= 0.3 is 0 Å². The predicted octanol–water partition coefficient (Wildman–Crippen LogP) is 3.13. The third-order valence-corrected chi connectivity index (χ3v) is 3.94. The first-order valence-corrected chi connectivity index (χ1v) is 7.26. The third kappa shape index (κ3) is 3.79. The molecular formula is C16H23FN2O. The smallest absolute Gasteiger partial charge is 0.241 e. The van der Waals surface area contributed by atoms with E-state index < -0.39 is 0 Å². The highest BCUT2D eigenvalue weighted by Gasteiger charge is 2.28. The molecule has 0 unspecified atom stereocenters. The third-order valence-electron chi connectivity index (χ3n) is 3.94. The van der Waals surface area contributed by atoms with E-state index in [9.17, 15) is 9.18 Å². The molecule has 20 heavy (non-hydrogen) atoms. The number of piperidine rings is 1.